The molecule has 0 saturated heterocycles. The van der Waals surface area contributed by atoms with E-state index in [1.807, 2.05) is 54.6 Å². The molecular formula is C18H18ClNO2. The van der Waals surface area contributed by atoms with Gasteiger partial charge in [-0.15, -0.1) is 0 Å². The second-order valence-corrected chi connectivity index (χ2v) is 6.21. The van der Waals surface area contributed by atoms with E-state index in [4.69, 9.17) is 11.6 Å². The number of halogens is 1. The van der Waals surface area contributed by atoms with E-state index in [2.05, 4.69) is 5.32 Å². The summed E-state index contributed by atoms with van der Waals surface area (Å²) in [6, 6.07) is 16.8. The highest BCUT2D eigenvalue weighted by Gasteiger charge is 2.45. The molecule has 4 heteroatoms. The first-order valence-electron chi connectivity index (χ1n) is 7.39. The minimum atomic E-state index is -0.781. The molecule has 0 bridgehead atoms. The summed E-state index contributed by atoms with van der Waals surface area (Å²) in [6.07, 6.45) is 1.09. The molecule has 22 heavy (non-hydrogen) atoms. The van der Waals surface area contributed by atoms with Gasteiger partial charge in [0.25, 0.3) is 0 Å². The van der Waals surface area contributed by atoms with E-state index in [-0.39, 0.29) is 17.9 Å². The number of hydrogen-bond acceptors (Lipinski definition) is 2. The van der Waals surface area contributed by atoms with Gasteiger partial charge in [0.1, 0.15) is 0 Å². The van der Waals surface area contributed by atoms with E-state index >= 15 is 0 Å². The molecule has 0 aliphatic heterocycles. The van der Waals surface area contributed by atoms with Crippen LogP contribution in [0.5, 0.6) is 0 Å². The van der Waals surface area contributed by atoms with E-state index in [1.54, 1.807) is 0 Å². The summed E-state index contributed by atoms with van der Waals surface area (Å²) in [7, 11) is 0. The molecule has 1 saturated carbocycles. The van der Waals surface area contributed by atoms with E-state index in [0.29, 0.717) is 5.02 Å². The van der Waals surface area contributed by atoms with Crippen LogP contribution in [0.2, 0.25) is 5.02 Å². The van der Waals surface area contributed by atoms with Crippen LogP contribution in [0.15, 0.2) is 54.6 Å². The molecule has 0 heterocycles. The molecular weight excluding hydrogens is 298 g/mol. The Hall–Kier alpha value is -1.84. The molecule has 1 aliphatic rings. The van der Waals surface area contributed by atoms with Crippen LogP contribution in [-0.4, -0.2) is 11.0 Å². The van der Waals surface area contributed by atoms with E-state index < -0.39 is 6.10 Å². The third-order valence-corrected chi connectivity index (χ3v) is 4.30. The topological polar surface area (TPSA) is 49.3 Å². The molecule has 0 spiro atoms. The lowest BCUT2D eigenvalue weighted by Crippen LogP contribution is -2.35. The molecule has 3 nitrogen and oxygen atoms in total. The molecule has 3 rings (SSSR count). The van der Waals surface area contributed by atoms with Gasteiger partial charge < -0.3 is 10.4 Å². The van der Waals surface area contributed by atoms with Crippen molar-refractivity contribution in [3.05, 3.63) is 70.7 Å². The molecule has 1 fully saturated rings. The first-order valence-corrected chi connectivity index (χ1v) is 7.77. The molecule has 2 N–H and O–H groups in total. The average molecular weight is 316 g/mol. The Balaban J connectivity index is 1.65. The standard InChI is InChI=1S/C18H18ClNO2/c19-15-8-4-7-14(11-15)18(9-10-18)20-17(22)12-16(21)13-5-2-1-3-6-13/h1-8,11,16,21H,9-10,12H2,(H,20,22). The molecule has 114 valence electrons. The maximum absolute atomic E-state index is 12.2. The first kappa shape index (κ1) is 15.1. The number of hydrogen-bond donors (Lipinski definition) is 2. The molecule has 1 aliphatic carbocycles. The van der Waals surface area contributed by atoms with Crippen molar-refractivity contribution in [2.45, 2.75) is 30.9 Å². The van der Waals surface area contributed by atoms with Crippen LogP contribution in [0.3, 0.4) is 0 Å². The van der Waals surface area contributed by atoms with Crippen molar-refractivity contribution < 1.29 is 9.90 Å². The summed E-state index contributed by atoms with van der Waals surface area (Å²) in [5.41, 5.74) is 1.48. The summed E-state index contributed by atoms with van der Waals surface area (Å²) in [5, 5.41) is 13.9. The summed E-state index contributed by atoms with van der Waals surface area (Å²) in [6.45, 7) is 0. The highest BCUT2D eigenvalue weighted by molar-refractivity contribution is 6.30. The lowest BCUT2D eigenvalue weighted by molar-refractivity contribution is -0.124. The highest BCUT2D eigenvalue weighted by atomic mass is 35.5. The average Bonchev–Trinajstić information content (AvgIpc) is 3.29. The van der Waals surface area contributed by atoms with Gasteiger partial charge in [-0.25, -0.2) is 0 Å². The van der Waals surface area contributed by atoms with Gasteiger partial charge in [0, 0.05) is 5.02 Å². The van der Waals surface area contributed by atoms with Crippen LogP contribution < -0.4 is 5.32 Å². The van der Waals surface area contributed by atoms with Gasteiger partial charge in [-0.1, -0.05) is 54.1 Å². The number of benzene rings is 2. The smallest absolute Gasteiger partial charge is 0.223 e. The molecule has 0 aromatic heterocycles. The van der Waals surface area contributed by atoms with Crippen LogP contribution in [0.4, 0.5) is 0 Å². The minimum Gasteiger partial charge on any atom is -0.388 e. The molecule has 1 amide bonds. The Morgan fingerprint density at radius 2 is 1.91 bits per heavy atom. The monoisotopic (exact) mass is 315 g/mol. The van der Waals surface area contributed by atoms with Gasteiger partial charge in [-0.2, -0.15) is 0 Å². The zero-order valence-corrected chi connectivity index (χ0v) is 12.9. The second kappa shape index (κ2) is 6.11. The molecule has 1 unspecified atom stereocenters. The minimum absolute atomic E-state index is 0.0618. The van der Waals surface area contributed by atoms with E-state index in [0.717, 1.165) is 24.0 Å². The van der Waals surface area contributed by atoms with Crippen LogP contribution in [0.25, 0.3) is 0 Å². The van der Waals surface area contributed by atoms with Crippen molar-refractivity contribution in [3.63, 3.8) is 0 Å². The molecule has 0 radical (unpaired) electrons. The second-order valence-electron chi connectivity index (χ2n) is 5.77. The van der Waals surface area contributed by atoms with Crippen LogP contribution in [0, 0.1) is 0 Å². The summed E-state index contributed by atoms with van der Waals surface area (Å²) in [5.74, 6) is -0.145. The first-order chi connectivity index (χ1) is 10.6. The van der Waals surface area contributed by atoms with Crippen molar-refractivity contribution >= 4 is 17.5 Å². The zero-order valence-electron chi connectivity index (χ0n) is 12.1. The van der Waals surface area contributed by atoms with Gasteiger partial charge in [0.05, 0.1) is 18.1 Å². The van der Waals surface area contributed by atoms with Gasteiger partial charge in [0.2, 0.25) is 5.91 Å². The van der Waals surface area contributed by atoms with E-state index in [9.17, 15) is 9.90 Å². The lowest BCUT2D eigenvalue weighted by Gasteiger charge is -2.19. The van der Waals surface area contributed by atoms with Crippen molar-refractivity contribution in [1.29, 1.82) is 0 Å². The maximum Gasteiger partial charge on any atom is 0.223 e. The largest absolute Gasteiger partial charge is 0.388 e. The van der Waals surface area contributed by atoms with Gasteiger partial charge in [-0.3, -0.25) is 4.79 Å². The normalized spacial score (nSPS) is 16.8. The fourth-order valence-corrected chi connectivity index (χ4v) is 2.87. The maximum atomic E-state index is 12.2. The van der Waals surface area contributed by atoms with Crippen LogP contribution in [0.1, 0.15) is 36.5 Å². The van der Waals surface area contributed by atoms with Gasteiger partial charge >= 0.3 is 0 Å². The van der Waals surface area contributed by atoms with Crippen molar-refractivity contribution in [2.75, 3.05) is 0 Å². The van der Waals surface area contributed by atoms with Crippen molar-refractivity contribution in [2.24, 2.45) is 0 Å². The lowest BCUT2D eigenvalue weighted by atomic mass is 10.0. The van der Waals surface area contributed by atoms with Crippen molar-refractivity contribution in [1.82, 2.24) is 5.32 Å². The number of carbonyl (C=O) groups excluding carboxylic acids is 1. The third-order valence-electron chi connectivity index (χ3n) is 4.07. The summed E-state index contributed by atoms with van der Waals surface area (Å²) < 4.78 is 0. The zero-order chi connectivity index (χ0) is 15.6. The molecule has 2 aromatic rings. The summed E-state index contributed by atoms with van der Waals surface area (Å²) in [4.78, 5) is 12.2. The summed E-state index contributed by atoms with van der Waals surface area (Å²) >= 11 is 6.03. The Morgan fingerprint density at radius 3 is 2.55 bits per heavy atom. The Morgan fingerprint density at radius 1 is 1.18 bits per heavy atom. The molecule has 1 atom stereocenters. The van der Waals surface area contributed by atoms with Gasteiger partial charge in [-0.05, 0) is 36.1 Å². The third kappa shape index (κ3) is 3.32. The highest BCUT2D eigenvalue weighted by Crippen LogP contribution is 2.46. The predicted octanol–water partition coefficient (Wildman–Crippen LogP) is 3.57. The number of carbonyl (C=O) groups is 1. The predicted molar refractivity (Wildman–Crippen MR) is 86.5 cm³/mol. The van der Waals surface area contributed by atoms with Crippen molar-refractivity contribution in [3.8, 4) is 0 Å². The fourth-order valence-electron chi connectivity index (χ4n) is 2.68. The Kier molecular flexibility index (Phi) is 4.19. The Labute approximate surface area is 134 Å². The number of aliphatic hydroxyl groups excluding tert-OH is 1. The number of rotatable bonds is 5. The van der Waals surface area contributed by atoms with Gasteiger partial charge in [0.15, 0.2) is 0 Å². The van der Waals surface area contributed by atoms with Crippen LogP contribution in [-0.2, 0) is 10.3 Å². The number of aliphatic hydroxyl groups is 1. The van der Waals surface area contributed by atoms with E-state index in [1.165, 1.54) is 0 Å². The number of nitrogens with one attached hydrogen (secondary N) is 1. The fraction of sp³-hybridized carbons (Fsp3) is 0.278. The Bertz CT molecular complexity index is 668. The van der Waals surface area contributed by atoms with Crippen LogP contribution >= 0.6 is 11.6 Å². The SMILES string of the molecule is O=C(CC(O)c1ccccc1)NC1(c2cccc(Cl)c2)CC1. The number of amides is 1. The quantitative estimate of drug-likeness (QED) is 0.886. The molecule has 2 aromatic carbocycles.